The maximum atomic E-state index is 11.7. The number of amides is 1. The van der Waals surface area contributed by atoms with Crippen molar-refractivity contribution in [3.8, 4) is 0 Å². The summed E-state index contributed by atoms with van der Waals surface area (Å²) in [4.78, 5) is 13.5. The van der Waals surface area contributed by atoms with Crippen LogP contribution in [0.5, 0.6) is 0 Å². The topological polar surface area (TPSA) is 20.3 Å². The summed E-state index contributed by atoms with van der Waals surface area (Å²) >= 11 is 8.89. The molecular weight excluding hydrogens is 397 g/mol. The van der Waals surface area contributed by atoms with Crippen LogP contribution in [0, 0.1) is 3.57 Å². The third kappa shape index (κ3) is 2.94. The van der Waals surface area contributed by atoms with Gasteiger partial charge in [-0.05, 0) is 63.9 Å². The number of carbonyl (C=O) groups is 1. The molecule has 0 bridgehead atoms. The standard InChI is InChI=1S/C17H15ClINO/c1-20-15-8-4-13(10-12(15)5-9-16(20)21)17(18)11-2-6-14(19)7-3-11/h2-4,6-8,10,17H,5,9H2,1H3. The maximum absolute atomic E-state index is 11.7. The van der Waals surface area contributed by atoms with E-state index in [0.717, 1.165) is 23.2 Å². The van der Waals surface area contributed by atoms with Crippen LogP contribution in [-0.2, 0) is 11.2 Å². The van der Waals surface area contributed by atoms with Crippen molar-refractivity contribution in [3.05, 3.63) is 62.7 Å². The van der Waals surface area contributed by atoms with Crippen molar-refractivity contribution in [1.29, 1.82) is 0 Å². The van der Waals surface area contributed by atoms with Gasteiger partial charge >= 0.3 is 0 Å². The number of alkyl halides is 1. The number of fused-ring (bicyclic) bond motifs is 1. The molecule has 0 spiro atoms. The van der Waals surface area contributed by atoms with Gasteiger partial charge in [-0.15, -0.1) is 11.6 Å². The van der Waals surface area contributed by atoms with Gasteiger partial charge in [0.15, 0.2) is 0 Å². The molecule has 0 aromatic heterocycles. The first kappa shape index (κ1) is 14.9. The zero-order valence-corrected chi connectivity index (χ0v) is 14.6. The number of benzene rings is 2. The number of hydrogen-bond acceptors (Lipinski definition) is 1. The van der Waals surface area contributed by atoms with Crippen molar-refractivity contribution in [2.24, 2.45) is 0 Å². The highest BCUT2D eigenvalue weighted by Gasteiger charge is 2.22. The Morgan fingerprint density at radius 2 is 1.76 bits per heavy atom. The summed E-state index contributed by atoms with van der Waals surface area (Å²) in [5.41, 5.74) is 4.38. The Labute approximate surface area is 143 Å². The minimum absolute atomic E-state index is 0.157. The number of carbonyl (C=O) groups excluding carboxylic acids is 1. The largest absolute Gasteiger partial charge is 0.315 e. The van der Waals surface area contributed by atoms with Crippen LogP contribution in [-0.4, -0.2) is 13.0 Å². The highest BCUT2D eigenvalue weighted by molar-refractivity contribution is 14.1. The zero-order chi connectivity index (χ0) is 15.0. The second kappa shape index (κ2) is 5.97. The van der Waals surface area contributed by atoms with E-state index in [4.69, 9.17) is 11.6 Å². The minimum Gasteiger partial charge on any atom is -0.315 e. The normalized spacial score (nSPS) is 15.8. The Morgan fingerprint density at radius 3 is 2.48 bits per heavy atom. The van der Waals surface area contributed by atoms with Crippen LogP contribution >= 0.6 is 34.2 Å². The summed E-state index contributed by atoms with van der Waals surface area (Å²) in [6, 6.07) is 14.4. The molecule has 0 fully saturated rings. The van der Waals surface area contributed by atoms with Gasteiger partial charge in [0, 0.05) is 22.7 Å². The molecule has 0 aliphatic carbocycles. The molecule has 1 amide bonds. The van der Waals surface area contributed by atoms with E-state index in [2.05, 4.69) is 52.9 Å². The van der Waals surface area contributed by atoms with E-state index in [1.807, 2.05) is 19.2 Å². The van der Waals surface area contributed by atoms with E-state index in [9.17, 15) is 4.79 Å². The van der Waals surface area contributed by atoms with E-state index in [1.165, 1.54) is 9.13 Å². The third-order valence-corrected chi connectivity index (χ3v) is 5.13. The molecule has 0 N–H and O–H groups in total. The minimum atomic E-state index is -0.157. The van der Waals surface area contributed by atoms with Gasteiger partial charge in [-0.3, -0.25) is 4.79 Å². The molecule has 0 saturated heterocycles. The van der Waals surface area contributed by atoms with Crippen LogP contribution in [0.4, 0.5) is 5.69 Å². The van der Waals surface area contributed by atoms with Gasteiger partial charge in [-0.1, -0.05) is 24.3 Å². The number of rotatable bonds is 2. The maximum Gasteiger partial charge on any atom is 0.227 e. The van der Waals surface area contributed by atoms with Crippen LogP contribution in [0.3, 0.4) is 0 Å². The molecule has 3 rings (SSSR count). The SMILES string of the molecule is CN1C(=O)CCc2cc(C(Cl)c3ccc(I)cc3)ccc21. The Balaban J connectivity index is 1.93. The van der Waals surface area contributed by atoms with Crippen molar-refractivity contribution < 1.29 is 4.79 Å². The van der Waals surface area contributed by atoms with Crippen molar-refractivity contribution in [2.75, 3.05) is 11.9 Å². The Morgan fingerprint density at radius 1 is 1.10 bits per heavy atom. The van der Waals surface area contributed by atoms with Crippen LogP contribution in [0.25, 0.3) is 0 Å². The molecule has 0 radical (unpaired) electrons. The van der Waals surface area contributed by atoms with Crippen molar-refractivity contribution in [1.82, 2.24) is 0 Å². The summed E-state index contributed by atoms with van der Waals surface area (Å²) in [6.07, 6.45) is 1.37. The smallest absolute Gasteiger partial charge is 0.227 e. The Bertz CT molecular complexity index is 684. The van der Waals surface area contributed by atoms with E-state index < -0.39 is 0 Å². The average molecular weight is 412 g/mol. The predicted molar refractivity (Wildman–Crippen MR) is 95.0 cm³/mol. The number of hydrogen-bond donors (Lipinski definition) is 0. The zero-order valence-electron chi connectivity index (χ0n) is 11.6. The Hall–Kier alpha value is -1.07. The lowest BCUT2D eigenvalue weighted by atomic mass is 9.96. The lowest BCUT2D eigenvalue weighted by molar-refractivity contribution is -0.118. The molecule has 1 aliphatic heterocycles. The molecule has 4 heteroatoms. The van der Waals surface area contributed by atoms with E-state index in [0.29, 0.717) is 6.42 Å². The van der Waals surface area contributed by atoms with Crippen LogP contribution in [0.15, 0.2) is 42.5 Å². The third-order valence-electron chi connectivity index (χ3n) is 3.90. The van der Waals surface area contributed by atoms with Crippen LogP contribution in [0.2, 0.25) is 0 Å². The second-order valence-corrected chi connectivity index (χ2v) is 6.94. The fourth-order valence-corrected chi connectivity index (χ4v) is 3.30. The molecule has 2 nitrogen and oxygen atoms in total. The van der Waals surface area contributed by atoms with E-state index in [1.54, 1.807) is 4.90 Å². The summed E-state index contributed by atoms with van der Waals surface area (Å²) < 4.78 is 1.20. The first-order valence-corrected chi connectivity index (χ1v) is 8.36. The van der Waals surface area contributed by atoms with Gasteiger partial charge in [0.2, 0.25) is 5.91 Å². The monoisotopic (exact) mass is 411 g/mol. The highest BCUT2D eigenvalue weighted by Crippen LogP contribution is 2.34. The van der Waals surface area contributed by atoms with Crippen molar-refractivity contribution >= 4 is 45.8 Å². The second-order valence-electron chi connectivity index (χ2n) is 5.26. The lowest BCUT2D eigenvalue weighted by Gasteiger charge is -2.26. The fourth-order valence-electron chi connectivity index (χ4n) is 2.66. The molecule has 1 aliphatic rings. The number of aryl methyl sites for hydroxylation is 1. The molecule has 0 saturated carbocycles. The fraction of sp³-hybridized carbons (Fsp3) is 0.235. The quantitative estimate of drug-likeness (QED) is 0.525. The van der Waals surface area contributed by atoms with Crippen molar-refractivity contribution in [2.45, 2.75) is 18.2 Å². The van der Waals surface area contributed by atoms with Gasteiger partial charge in [-0.25, -0.2) is 0 Å². The van der Waals surface area contributed by atoms with Gasteiger partial charge in [0.25, 0.3) is 0 Å². The molecule has 2 aromatic carbocycles. The first-order valence-electron chi connectivity index (χ1n) is 6.85. The summed E-state index contributed by atoms with van der Waals surface area (Å²) in [5.74, 6) is 0.176. The number of anilines is 1. The molecule has 1 unspecified atom stereocenters. The van der Waals surface area contributed by atoms with Gasteiger partial charge in [0.05, 0.1) is 5.38 Å². The van der Waals surface area contributed by atoms with Crippen molar-refractivity contribution in [3.63, 3.8) is 0 Å². The highest BCUT2D eigenvalue weighted by atomic mass is 127. The summed E-state index contributed by atoms with van der Waals surface area (Å²) in [7, 11) is 1.83. The molecule has 21 heavy (non-hydrogen) atoms. The lowest BCUT2D eigenvalue weighted by Crippen LogP contribution is -2.31. The first-order chi connectivity index (χ1) is 10.1. The van der Waals surface area contributed by atoms with Gasteiger partial charge in [-0.2, -0.15) is 0 Å². The molecular formula is C17H15ClINO. The summed E-state index contributed by atoms with van der Waals surface area (Å²) in [6.45, 7) is 0. The van der Waals surface area contributed by atoms with Crippen LogP contribution in [0.1, 0.15) is 28.5 Å². The van der Waals surface area contributed by atoms with Gasteiger partial charge < -0.3 is 4.90 Å². The molecule has 1 heterocycles. The molecule has 2 aromatic rings. The number of nitrogens with zero attached hydrogens (tertiary/aromatic N) is 1. The molecule has 108 valence electrons. The van der Waals surface area contributed by atoms with E-state index in [-0.39, 0.29) is 11.3 Å². The number of halogens is 2. The van der Waals surface area contributed by atoms with Gasteiger partial charge in [0.1, 0.15) is 0 Å². The summed E-state index contributed by atoms with van der Waals surface area (Å²) in [5, 5.41) is -0.157. The van der Waals surface area contributed by atoms with Crippen LogP contribution < -0.4 is 4.90 Å². The van der Waals surface area contributed by atoms with E-state index >= 15 is 0 Å². The Kier molecular flexibility index (Phi) is 4.22. The molecule has 1 atom stereocenters. The predicted octanol–water partition coefficient (Wildman–Crippen LogP) is 4.53. The average Bonchev–Trinajstić information content (AvgIpc) is 2.51.